The molecule has 0 unspecified atom stereocenters. The molecule has 0 heterocycles. The summed E-state index contributed by atoms with van der Waals surface area (Å²) in [5, 5.41) is 24.3. The molecule has 13 nitrogen and oxygen atoms in total. The Bertz CT molecular complexity index is 1370. The van der Waals surface area contributed by atoms with Crippen molar-refractivity contribution in [2.45, 2.75) is 90.9 Å². The number of hydrogen-bond donors (Lipinski definition) is 8. The van der Waals surface area contributed by atoms with Gasteiger partial charge in [-0.2, -0.15) is 0 Å². The molecule has 0 radical (unpaired) electrons. The van der Waals surface area contributed by atoms with Crippen LogP contribution >= 0.6 is 0 Å². The molecular weight excluding hydrogens is 624 g/mol. The fourth-order valence-corrected chi connectivity index (χ4v) is 5.17. The van der Waals surface area contributed by atoms with Crippen LogP contribution in [0.25, 0.3) is 0 Å². The van der Waals surface area contributed by atoms with E-state index in [-0.39, 0.29) is 54.9 Å². The van der Waals surface area contributed by atoms with Gasteiger partial charge in [0.15, 0.2) is 5.96 Å². The van der Waals surface area contributed by atoms with Gasteiger partial charge in [-0.1, -0.05) is 88.4 Å². The Balaban J connectivity index is 2.13. The molecule has 0 saturated carbocycles. The maximum absolute atomic E-state index is 13.7. The fourth-order valence-electron chi connectivity index (χ4n) is 5.17. The van der Waals surface area contributed by atoms with Crippen molar-refractivity contribution in [3.8, 4) is 0 Å². The summed E-state index contributed by atoms with van der Waals surface area (Å²) in [5.41, 5.74) is 7.07. The normalized spacial score (nSPS) is 13.4. The van der Waals surface area contributed by atoms with Gasteiger partial charge in [0.2, 0.25) is 29.5 Å². The average molecular weight is 679 g/mol. The van der Waals surface area contributed by atoms with Gasteiger partial charge in [0.1, 0.15) is 18.1 Å². The molecule has 0 bridgehead atoms. The molecule has 13 heteroatoms. The summed E-state index contributed by atoms with van der Waals surface area (Å²) in [5.74, 6) is -2.18. The van der Waals surface area contributed by atoms with Crippen LogP contribution in [0, 0.1) is 17.2 Å². The van der Waals surface area contributed by atoms with Crippen LogP contribution in [0.5, 0.6) is 0 Å². The molecule has 0 aromatic heterocycles. The molecule has 0 spiro atoms. The Labute approximate surface area is 289 Å². The number of nitrogens with one attached hydrogen (secondary N) is 7. The molecule has 2 aromatic rings. The highest BCUT2D eigenvalue weighted by atomic mass is 16.2. The summed E-state index contributed by atoms with van der Waals surface area (Å²) in [7, 11) is 0. The first-order valence-electron chi connectivity index (χ1n) is 16.9. The van der Waals surface area contributed by atoms with Crippen LogP contribution in [0.3, 0.4) is 0 Å². The molecule has 49 heavy (non-hydrogen) atoms. The summed E-state index contributed by atoms with van der Waals surface area (Å²) in [4.78, 5) is 65.3. The molecule has 0 saturated heterocycles. The number of carbonyl (C=O) groups is 5. The lowest BCUT2D eigenvalue weighted by Crippen LogP contribution is -2.58. The van der Waals surface area contributed by atoms with E-state index in [1.807, 2.05) is 88.4 Å². The van der Waals surface area contributed by atoms with Crippen LogP contribution in [0.15, 0.2) is 60.7 Å². The van der Waals surface area contributed by atoms with Gasteiger partial charge in [-0.3, -0.25) is 29.4 Å². The average Bonchev–Trinajstić information content (AvgIpc) is 3.03. The van der Waals surface area contributed by atoms with Gasteiger partial charge >= 0.3 is 0 Å². The van der Waals surface area contributed by atoms with Crippen molar-refractivity contribution in [2.75, 3.05) is 13.1 Å². The van der Waals surface area contributed by atoms with Crippen molar-refractivity contribution in [1.82, 2.24) is 31.9 Å². The SMILES string of the molecule is CC(=O)N[C@@H](Cc1ccccc1)C(=O)NC[C@@H](NC(=O)[C@H](CC(C)C)NC(=O)[C@H](CCCNC(=N)N)NC(=O)Cc1ccccc1)C(C)C. The summed E-state index contributed by atoms with van der Waals surface area (Å²) in [6.07, 6.45) is 1.42. The molecule has 5 amide bonds. The number of guanidine groups is 1. The third-order valence-electron chi connectivity index (χ3n) is 7.79. The van der Waals surface area contributed by atoms with Crippen molar-refractivity contribution >= 4 is 35.5 Å². The number of nitrogens with two attached hydrogens (primary N) is 1. The minimum absolute atomic E-state index is 0.0514. The van der Waals surface area contributed by atoms with Gasteiger partial charge in [-0.15, -0.1) is 0 Å². The summed E-state index contributed by atoms with van der Waals surface area (Å²) >= 11 is 0. The van der Waals surface area contributed by atoms with Gasteiger partial charge in [0, 0.05) is 32.5 Å². The number of hydrogen-bond acceptors (Lipinski definition) is 6. The monoisotopic (exact) mass is 678 g/mol. The van der Waals surface area contributed by atoms with Crippen LogP contribution in [0.2, 0.25) is 0 Å². The number of rotatable bonds is 20. The van der Waals surface area contributed by atoms with Crippen molar-refractivity contribution in [3.05, 3.63) is 71.8 Å². The van der Waals surface area contributed by atoms with Crippen LogP contribution in [-0.2, 0) is 36.8 Å². The van der Waals surface area contributed by atoms with E-state index >= 15 is 0 Å². The van der Waals surface area contributed by atoms with Crippen molar-refractivity contribution in [1.29, 1.82) is 5.41 Å². The van der Waals surface area contributed by atoms with E-state index in [9.17, 15) is 24.0 Å². The predicted molar refractivity (Wildman–Crippen MR) is 190 cm³/mol. The van der Waals surface area contributed by atoms with Crippen LogP contribution < -0.4 is 37.6 Å². The van der Waals surface area contributed by atoms with Gasteiger partial charge in [0.25, 0.3) is 0 Å². The molecule has 0 aliphatic heterocycles. The highest BCUT2D eigenvalue weighted by molar-refractivity contribution is 5.92. The minimum Gasteiger partial charge on any atom is -0.370 e. The van der Waals surface area contributed by atoms with Gasteiger partial charge < -0.3 is 37.6 Å². The Morgan fingerprint density at radius 1 is 0.714 bits per heavy atom. The van der Waals surface area contributed by atoms with Crippen molar-refractivity contribution in [2.24, 2.45) is 17.6 Å². The smallest absolute Gasteiger partial charge is 0.243 e. The van der Waals surface area contributed by atoms with Crippen LogP contribution in [0.1, 0.15) is 65.0 Å². The largest absolute Gasteiger partial charge is 0.370 e. The zero-order chi connectivity index (χ0) is 36.3. The fraction of sp³-hybridized carbons (Fsp3) is 0.500. The van der Waals surface area contributed by atoms with Gasteiger partial charge in [0.05, 0.1) is 6.42 Å². The van der Waals surface area contributed by atoms with E-state index in [4.69, 9.17) is 11.1 Å². The molecule has 0 fully saturated rings. The quantitative estimate of drug-likeness (QED) is 0.0588. The van der Waals surface area contributed by atoms with Crippen LogP contribution in [-0.4, -0.2) is 72.8 Å². The Morgan fingerprint density at radius 3 is 1.86 bits per heavy atom. The summed E-state index contributed by atoms with van der Waals surface area (Å²) in [6, 6.07) is 15.4. The first kappa shape index (κ1) is 40.2. The van der Waals surface area contributed by atoms with E-state index in [0.717, 1.165) is 11.1 Å². The third-order valence-corrected chi connectivity index (χ3v) is 7.79. The van der Waals surface area contributed by atoms with E-state index in [1.54, 1.807) is 0 Å². The zero-order valence-electron chi connectivity index (χ0n) is 29.3. The minimum atomic E-state index is -0.928. The Morgan fingerprint density at radius 2 is 1.31 bits per heavy atom. The summed E-state index contributed by atoms with van der Waals surface area (Å²) in [6.45, 7) is 9.50. The second kappa shape index (κ2) is 21.1. The first-order chi connectivity index (χ1) is 23.2. The van der Waals surface area contributed by atoms with E-state index in [2.05, 4.69) is 31.9 Å². The molecule has 0 aliphatic rings. The second-order valence-electron chi connectivity index (χ2n) is 13.0. The van der Waals surface area contributed by atoms with E-state index in [0.29, 0.717) is 25.8 Å². The Kier molecular flexibility index (Phi) is 17.3. The molecule has 2 aromatic carbocycles. The van der Waals surface area contributed by atoms with Crippen molar-refractivity contribution < 1.29 is 24.0 Å². The topological polar surface area (TPSA) is 207 Å². The molecule has 2 rings (SSSR count). The molecule has 9 N–H and O–H groups in total. The molecule has 268 valence electrons. The number of benzene rings is 2. The van der Waals surface area contributed by atoms with Gasteiger partial charge in [-0.25, -0.2) is 0 Å². The van der Waals surface area contributed by atoms with Crippen LogP contribution in [0.4, 0.5) is 0 Å². The highest BCUT2D eigenvalue weighted by Gasteiger charge is 2.30. The number of amides is 5. The van der Waals surface area contributed by atoms with E-state index in [1.165, 1.54) is 6.92 Å². The lowest BCUT2D eigenvalue weighted by Gasteiger charge is -2.29. The maximum Gasteiger partial charge on any atom is 0.243 e. The lowest BCUT2D eigenvalue weighted by atomic mass is 9.99. The summed E-state index contributed by atoms with van der Waals surface area (Å²) < 4.78 is 0. The lowest BCUT2D eigenvalue weighted by molar-refractivity contribution is -0.132. The van der Waals surface area contributed by atoms with E-state index < -0.39 is 36.0 Å². The van der Waals surface area contributed by atoms with Gasteiger partial charge in [-0.05, 0) is 42.2 Å². The number of carbonyl (C=O) groups excluding carboxylic acids is 5. The maximum atomic E-state index is 13.7. The van der Waals surface area contributed by atoms with Crippen molar-refractivity contribution in [3.63, 3.8) is 0 Å². The second-order valence-corrected chi connectivity index (χ2v) is 13.0. The highest BCUT2D eigenvalue weighted by Crippen LogP contribution is 2.10. The third kappa shape index (κ3) is 16.1. The molecule has 0 aliphatic carbocycles. The zero-order valence-corrected chi connectivity index (χ0v) is 29.3. The molecule has 4 atom stereocenters. The first-order valence-corrected chi connectivity index (χ1v) is 16.9. The standard InChI is InChI=1S/C36H54N8O5/c1-23(2)19-29(43-34(48)28(17-12-18-39-36(37)38)42-32(46)21-27-15-10-7-11-16-27)35(49)44-31(24(3)4)22-40-33(47)30(41-25(5)45)20-26-13-8-6-9-14-26/h6-11,13-16,23-24,28-31H,12,17-22H2,1-5H3,(H,40,47)(H,41,45)(H,42,46)(H,43,48)(H,44,49)(H4,37,38,39)/t28-,29-,30-,31+/m0/s1. The predicted octanol–water partition coefficient (Wildman–Crippen LogP) is 1.51. The Hall–Kier alpha value is -4.94. The molecular formula is C36H54N8O5.